The molecule has 0 aliphatic rings. The number of hydrogen-bond donors (Lipinski definition) is 1. The zero-order chi connectivity index (χ0) is 16.4. The number of amides is 1. The molecule has 0 spiro atoms. The van der Waals surface area contributed by atoms with E-state index in [-0.39, 0.29) is 12.1 Å². The maximum absolute atomic E-state index is 12.1. The lowest BCUT2D eigenvalue weighted by Crippen LogP contribution is -2.25. The Morgan fingerprint density at radius 1 is 1.09 bits per heavy atom. The highest BCUT2D eigenvalue weighted by Gasteiger charge is 2.12. The molecule has 7 heteroatoms. The first-order valence-electron chi connectivity index (χ1n) is 6.74. The molecular weight excluding hydrogens is 300 g/mol. The highest BCUT2D eigenvalue weighted by atomic mass is 16.4. The van der Waals surface area contributed by atoms with E-state index in [4.69, 9.17) is 4.42 Å². The highest BCUT2D eigenvalue weighted by molar-refractivity contribution is 5.92. The van der Waals surface area contributed by atoms with Gasteiger partial charge in [-0.15, -0.1) is 0 Å². The molecule has 0 atom stereocenters. The quantitative estimate of drug-likeness (QED) is 0.759. The van der Waals surface area contributed by atoms with Crippen molar-refractivity contribution >= 4 is 28.7 Å². The largest absolute Gasteiger partial charge is 0.545 e. The zero-order valence-electron chi connectivity index (χ0n) is 11.8. The lowest BCUT2D eigenvalue weighted by Gasteiger charge is -2.07. The number of fused-ring (bicyclic) bond motifs is 1. The summed E-state index contributed by atoms with van der Waals surface area (Å²) in [6.45, 7) is -0.210. The molecule has 0 fully saturated rings. The van der Waals surface area contributed by atoms with Crippen molar-refractivity contribution in [2.24, 2.45) is 0 Å². The Balaban J connectivity index is 1.77. The van der Waals surface area contributed by atoms with Crippen LogP contribution in [0.15, 0.2) is 57.7 Å². The molecule has 0 aliphatic heterocycles. The molecule has 0 saturated heterocycles. The average molecular weight is 311 g/mol. The minimum atomic E-state index is -1.29. The number of carboxylic acids is 1. The second-order valence-corrected chi connectivity index (χ2v) is 4.83. The SMILES string of the molecule is O=C(Cn1c(=O)oc2ccccc21)Nc1ccc(C(=O)[O-])cc1. The number of para-hydroxylation sites is 2. The smallest absolute Gasteiger partial charge is 0.420 e. The van der Waals surface area contributed by atoms with Crippen molar-refractivity contribution in [1.29, 1.82) is 0 Å². The first-order valence-corrected chi connectivity index (χ1v) is 6.74. The fourth-order valence-electron chi connectivity index (χ4n) is 2.20. The summed E-state index contributed by atoms with van der Waals surface area (Å²) in [6, 6.07) is 12.3. The topological polar surface area (TPSA) is 104 Å². The van der Waals surface area contributed by atoms with Crippen molar-refractivity contribution in [2.45, 2.75) is 6.54 Å². The van der Waals surface area contributed by atoms with Gasteiger partial charge in [-0.05, 0) is 29.8 Å². The number of nitrogens with one attached hydrogen (secondary N) is 1. The van der Waals surface area contributed by atoms with Crippen molar-refractivity contribution < 1.29 is 19.1 Å². The number of oxazole rings is 1. The summed E-state index contributed by atoms with van der Waals surface area (Å²) in [6.07, 6.45) is 0. The predicted octanol–water partition coefficient (Wildman–Crippen LogP) is 0.597. The lowest BCUT2D eigenvalue weighted by molar-refractivity contribution is -0.255. The second kappa shape index (κ2) is 5.80. The molecule has 3 rings (SSSR count). The van der Waals surface area contributed by atoms with Crippen LogP contribution in [-0.4, -0.2) is 16.4 Å². The van der Waals surface area contributed by atoms with Gasteiger partial charge in [0.15, 0.2) is 5.58 Å². The maximum Gasteiger partial charge on any atom is 0.420 e. The summed E-state index contributed by atoms with van der Waals surface area (Å²) in [5.74, 6) is -2.34. The molecule has 0 unspecified atom stereocenters. The molecule has 2 aromatic carbocycles. The standard InChI is InChI=1S/C16H12N2O5/c19-14(17-11-7-5-10(6-8-11)15(20)21)9-18-12-3-1-2-4-13(12)23-16(18)22/h1-8H,9H2,(H,17,19)(H,20,21)/p-1. The van der Waals surface area contributed by atoms with E-state index in [1.165, 1.54) is 28.8 Å². The van der Waals surface area contributed by atoms with Gasteiger partial charge in [0.25, 0.3) is 0 Å². The molecule has 0 bridgehead atoms. The lowest BCUT2D eigenvalue weighted by atomic mass is 10.2. The summed E-state index contributed by atoms with van der Waals surface area (Å²) in [4.78, 5) is 34.5. The minimum Gasteiger partial charge on any atom is -0.545 e. The van der Waals surface area contributed by atoms with Crippen LogP contribution in [0.5, 0.6) is 0 Å². The summed E-state index contributed by atoms with van der Waals surface area (Å²) >= 11 is 0. The summed E-state index contributed by atoms with van der Waals surface area (Å²) in [7, 11) is 0. The molecule has 3 aromatic rings. The second-order valence-electron chi connectivity index (χ2n) is 4.83. The van der Waals surface area contributed by atoms with E-state index < -0.39 is 17.6 Å². The van der Waals surface area contributed by atoms with Crippen molar-refractivity contribution in [1.82, 2.24) is 4.57 Å². The number of aromatic nitrogens is 1. The van der Waals surface area contributed by atoms with Gasteiger partial charge in [0, 0.05) is 5.69 Å². The Morgan fingerprint density at radius 3 is 2.48 bits per heavy atom. The number of hydrogen-bond acceptors (Lipinski definition) is 5. The average Bonchev–Trinajstić information content (AvgIpc) is 2.84. The monoisotopic (exact) mass is 311 g/mol. The Kier molecular flexibility index (Phi) is 3.68. The number of anilines is 1. The van der Waals surface area contributed by atoms with E-state index in [1.54, 1.807) is 24.3 Å². The van der Waals surface area contributed by atoms with Gasteiger partial charge < -0.3 is 19.6 Å². The maximum atomic E-state index is 12.1. The summed E-state index contributed by atoms with van der Waals surface area (Å²) in [5.41, 5.74) is 1.37. The molecular formula is C16H11N2O5-. The summed E-state index contributed by atoms with van der Waals surface area (Å²) < 4.78 is 6.27. The van der Waals surface area contributed by atoms with Gasteiger partial charge in [-0.1, -0.05) is 24.3 Å². The number of carbonyl (C=O) groups excluding carboxylic acids is 2. The van der Waals surface area contributed by atoms with Crippen LogP contribution in [0, 0.1) is 0 Å². The number of benzene rings is 2. The Hall–Kier alpha value is -3.35. The number of carboxylic acid groups (broad SMARTS) is 1. The Bertz CT molecular complexity index is 937. The molecule has 1 amide bonds. The normalized spacial score (nSPS) is 10.6. The first-order chi connectivity index (χ1) is 11.0. The van der Waals surface area contributed by atoms with Crippen LogP contribution in [0.2, 0.25) is 0 Å². The van der Waals surface area contributed by atoms with Gasteiger partial charge in [0.05, 0.1) is 11.5 Å². The van der Waals surface area contributed by atoms with Gasteiger partial charge in [0.2, 0.25) is 5.91 Å². The van der Waals surface area contributed by atoms with E-state index in [9.17, 15) is 19.5 Å². The van der Waals surface area contributed by atoms with E-state index in [0.29, 0.717) is 16.8 Å². The van der Waals surface area contributed by atoms with E-state index in [1.807, 2.05) is 0 Å². The van der Waals surface area contributed by atoms with Crippen molar-refractivity contribution in [3.63, 3.8) is 0 Å². The third-order valence-electron chi connectivity index (χ3n) is 3.28. The predicted molar refractivity (Wildman–Crippen MR) is 79.9 cm³/mol. The van der Waals surface area contributed by atoms with Gasteiger partial charge in [-0.25, -0.2) is 4.79 Å². The number of rotatable bonds is 4. The molecule has 0 saturated carbocycles. The fourth-order valence-corrected chi connectivity index (χ4v) is 2.20. The Labute approximate surface area is 129 Å². The first kappa shape index (κ1) is 14.6. The molecule has 1 heterocycles. The van der Waals surface area contributed by atoms with E-state index >= 15 is 0 Å². The fraction of sp³-hybridized carbons (Fsp3) is 0.0625. The molecule has 116 valence electrons. The number of nitrogens with zero attached hydrogens (tertiary/aromatic N) is 1. The molecule has 23 heavy (non-hydrogen) atoms. The van der Waals surface area contributed by atoms with Crippen LogP contribution in [0.3, 0.4) is 0 Å². The third kappa shape index (κ3) is 2.98. The highest BCUT2D eigenvalue weighted by Crippen LogP contribution is 2.13. The van der Waals surface area contributed by atoms with E-state index in [0.717, 1.165) is 0 Å². The van der Waals surface area contributed by atoms with Crippen molar-refractivity contribution in [3.8, 4) is 0 Å². The van der Waals surface area contributed by atoms with E-state index in [2.05, 4.69) is 5.32 Å². The zero-order valence-corrected chi connectivity index (χ0v) is 11.8. The molecule has 1 N–H and O–H groups in total. The van der Waals surface area contributed by atoms with Crippen LogP contribution >= 0.6 is 0 Å². The van der Waals surface area contributed by atoms with Crippen LogP contribution in [0.1, 0.15) is 10.4 Å². The van der Waals surface area contributed by atoms with Gasteiger partial charge >= 0.3 is 5.76 Å². The van der Waals surface area contributed by atoms with Crippen LogP contribution in [-0.2, 0) is 11.3 Å². The molecule has 0 aliphatic carbocycles. The van der Waals surface area contributed by atoms with Gasteiger partial charge in [0.1, 0.15) is 6.54 Å². The number of carbonyl (C=O) groups is 2. The summed E-state index contributed by atoms with van der Waals surface area (Å²) in [5, 5.41) is 13.2. The van der Waals surface area contributed by atoms with Crippen LogP contribution in [0.4, 0.5) is 5.69 Å². The minimum absolute atomic E-state index is 0.0139. The van der Waals surface area contributed by atoms with Gasteiger partial charge in [-0.2, -0.15) is 0 Å². The number of aromatic carboxylic acids is 1. The van der Waals surface area contributed by atoms with Crippen molar-refractivity contribution in [3.05, 3.63) is 64.6 Å². The Morgan fingerprint density at radius 2 is 1.78 bits per heavy atom. The molecule has 1 aromatic heterocycles. The molecule has 7 nitrogen and oxygen atoms in total. The molecule has 0 radical (unpaired) electrons. The van der Waals surface area contributed by atoms with Crippen LogP contribution in [0.25, 0.3) is 11.1 Å². The third-order valence-corrected chi connectivity index (χ3v) is 3.28. The van der Waals surface area contributed by atoms with Gasteiger partial charge in [-0.3, -0.25) is 9.36 Å². The van der Waals surface area contributed by atoms with Crippen LogP contribution < -0.4 is 16.2 Å². The van der Waals surface area contributed by atoms with Crippen molar-refractivity contribution in [2.75, 3.05) is 5.32 Å².